The highest BCUT2D eigenvalue weighted by Gasteiger charge is 2.18. The standard InChI is InChI=1S/C23H23N7O2/c1-17(19-7-9-21(10-8-19)30-16-24-15-26-30)28(2)23(32)27-20-6-3-5-18(13-20)14-29-12-4-11-25-22(29)31/h3-13,15-17H,14H2,1-2H3,(H,27,32)/t17-/m1/s1. The number of nitrogens with zero attached hydrogens (tertiary/aromatic N) is 6. The summed E-state index contributed by atoms with van der Waals surface area (Å²) in [5, 5.41) is 7.05. The molecular formula is C23H23N7O2. The Bertz CT molecular complexity index is 1250. The molecule has 1 N–H and O–H groups in total. The average molecular weight is 429 g/mol. The number of hydrogen-bond donors (Lipinski definition) is 1. The molecule has 4 aromatic rings. The van der Waals surface area contributed by atoms with E-state index in [0.29, 0.717) is 12.2 Å². The van der Waals surface area contributed by atoms with Crippen molar-refractivity contribution in [2.24, 2.45) is 0 Å². The van der Waals surface area contributed by atoms with Crippen molar-refractivity contribution in [2.75, 3.05) is 12.4 Å². The van der Waals surface area contributed by atoms with E-state index in [2.05, 4.69) is 20.4 Å². The van der Waals surface area contributed by atoms with Crippen LogP contribution in [0, 0.1) is 0 Å². The highest BCUT2D eigenvalue weighted by molar-refractivity contribution is 5.89. The molecule has 162 valence electrons. The number of anilines is 1. The molecule has 2 heterocycles. The first-order valence-corrected chi connectivity index (χ1v) is 10.1. The van der Waals surface area contributed by atoms with Gasteiger partial charge in [0.15, 0.2) is 0 Å². The van der Waals surface area contributed by atoms with E-state index >= 15 is 0 Å². The van der Waals surface area contributed by atoms with Gasteiger partial charge in [0.25, 0.3) is 0 Å². The third kappa shape index (κ3) is 4.72. The van der Waals surface area contributed by atoms with Gasteiger partial charge in [0.05, 0.1) is 18.3 Å². The van der Waals surface area contributed by atoms with E-state index in [0.717, 1.165) is 16.8 Å². The lowest BCUT2D eigenvalue weighted by Crippen LogP contribution is -2.33. The van der Waals surface area contributed by atoms with Crippen LogP contribution in [0.2, 0.25) is 0 Å². The zero-order valence-electron chi connectivity index (χ0n) is 17.8. The Labute approximate surface area is 185 Å². The third-order valence-electron chi connectivity index (χ3n) is 5.27. The molecule has 0 radical (unpaired) electrons. The molecule has 2 amide bonds. The molecule has 0 fully saturated rings. The topological polar surface area (TPSA) is 97.9 Å². The van der Waals surface area contributed by atoms with Crippen molar-refractivity contribution in [3.63, 3.8) is 0 Å². The summed E-state index contributed by atoms with van der Waals surface area (Å²) in [6, 6.07) is 16.6. The SMILES string of the molecule is C[C@H](c1ccc(-n2cncn2)cc1)N(C)C(=O)Nc1cccc(Cn2cccnc2=O)c1. The molecule has 0 aliphatic heterocycles. The smallest absolute Gasteiger partial charge is 0.321 e. The lowest BCUT2D eigenvalue weighted by Gasteiger charge is -2.26. The minimum absolute atomic E-state index is 0.142. The molecule has 0 saturated heterocycles. The first-order valence-electron chi connectivity index (χ1n) is 10.1. The van der Waals surface area contributed by atoms with Gasteiger partial charge in [-0.1, -0.05) is 24.3 Å². The van der Waals surface area contributed by atoms with E-state index < -0.39 is 0 Å². The largest absolute Gasteiger partial charge is 0.347 e. The molecule has 0 aliphatic carbocycles. The summed E-state index contributed by atoms with van der Waals surface area (Å²) in [6.45, 7) is 2.34. The van der Waals surface area contributed by atoms with Crippen LogP contribution in [0.15, 0.2) is 84.4 Å². The zero-order valence-corrected chi connectivity index (χ0v) is 17.8. The maximum atomic E-state index is 12.8. The monoisotopic (exact) mass is 429 g/mol. The van der Waals surface area contributed by atoms with E-state index in [9.17, 15) is 9.59 Å². The van der Waals surface area contributed by atoms with E-state index in [1.165, 1.54) is 17.1 Å². The first-order chi connectivity index (χ1) is 15.5. The van der Waals surface area contributed by atoms with Gasteiger partial charge in [-0.3, -0.25) is 4.57 Å². The number of aromatic nitrogens is 5. The molecular weight excluding hydrogens is 406 g/mol. The summed E-state index contributed by atoms with van der Waals surface area (Å²) < 4.78 is 3.19. The second-order valence-corrected chi connectivity index (χ2v) is 7.38. The molecule has 0 saturated carbocycles. The van der Waals surface area contributed by atoms with Gasteiger partial charge in [-0.2, -0.15) is 5.10 Å². The van der Waals surface area contributed by atoms with Crippen molar-refractivity contribution >= 4 is 11.7 Å². The van der Waals surface area contributed by atoms with Crippen LogP contribution in [0.5, 0.6) is 0 Å². The van der Waals surface area contributed by atoms with Crippen LogP contribution in [-0.2, 0) is 6.54 Å². The van der Waals surface area contributed by atoms with Crippen molar-refractivity contribution < 1.29 is 4.79 Å². The average Bonchev–Trinajstić information content (AvgIpc) is 3.35. The van der Waals surface area contributed by atoms with Crippen molar-refractivity contribution in [3.05, 3.63) is 101 Å². The Kier molecular flexibility index (Phi) is 6.07. The van der Waals surface area contributed by atoms with E-state index in [1.807, 2.05) is 55.5 Å². The van der Waals surface area contributed by atoms with Crippen molar-refractivity contribution in [1.82, 2.24) is 29.2 Å². The highest BCUT2D eigenvalue weighted by atomic mass is 16.2. The second-order valence-electron chi connectivity index (χ2n) is 7.38. The summed E-state index contributed by atoms with van der Waals surface area (Å²) in [5.74, 6) is 0. The first kappa shape index (κ1) is 21.0. The number of urea groups is 1. The predicted molar refractivity (Wildman–Crippen MR) is 121 cm³/mol. The number of nitrogens with one attached hydrogen (secondary N) is 1. The fourth-order valence-corrected chi connectivity index (χ4v) is 3.31. The molecule has 0 aliphatic rings. The number of hydrogen-bond acceptors (Lipinski definition) is 5. The van der Waals surface area contributed by atoms with Crippen LogP contribution in [0.4, 0.5) is 10.5 Å². The molecule has 1 atom stereocenters. The zero-order chi connectivity index (χ0) is 22.5. The summed E-state index contributed by atoms with van der Waals surface area (Å²) in [7, 11) is 1.75. The Morgan fingerprint density at radius 3 is 2.69 bits per heavy atom. The lowest BCUT2D eigenvalue weighted by atomic mass is 10.1. The van der Waals surface area contributed by atoms with Crippen LogP contribution in [0.25, 0.3) is 5.69 Å². The van der Waals surface area contributed by atoms with Crippen LogP contribution >= 0.6 is 0 Å². The minimum atomic E-state index is -0.315. The van der Waals surface area contributed by atoms with E-state index in [1.54, 1.807) is 35.2 Å². The summed E-state index contributed by atoms with van der Waals surface area (Å²) >= 11 is 0. The molecule has 0 bridgehead atoms. The lowest BCUT2D eigenvalue weighted by molar-refractivity contribution is 0.208. The highest BCUT2D eigenvalue weighted by Crippen LogP contribution is 2.21. The van der Waals surface area contributed by atoms with E-state index in [-0.39, 0.29) is 17.8 Å². The van der Waals surface area contributed by atoms with Gasteiger partial charge in [-0.15, -0.1) is 0 Å². The molecule has 32 heavy (non-hydrogen) atoms. The van der Waals surface area contributed by atoms with Gasteiger partial charge in [0.1, 0.15) is 12.7 Å². The van der Waals surface area contributed by atoms with Crippen LogP contribution < -0.4 is 11.0 Å². The minimum Gasteiger partial charge on any atom is -0.321 e. The van der Waals surface area contributed by atoms with Gasteiger partial charge >= 0.3 is 11.7 Å². The molecule has 0 spiro atoms. The Morgan fingerprint density at radius 2 is 1.97 bits per heavy atom. The number of carbonyl (C=O) groups excluding carboxylic acids is 1. The fraction of sp³-hybridized carbons (Fsp3) is 0.174. The van der Waals surface area contributed by atoms with Crippen molar-refractivity contribution in [2.45, 2.75) is 19.5 Å². The number of benzene rings is 2. The van der Waals surface area contributed by atoms with Crippen molar-refractivity contribution in [3.8, 4) is 5.69 Å². The van der Waals surface area contributed by atoms with Gasteiger partial charge in [-0.25, -0.2) is 24.2 Å². The van der Waals surface area contributed by atoms with Gasteiger partial charge in [-0.05, 0) is 48.4 Å². The maximum Gasteiger partial charge on any atom is 0.347 e. The Morgan fingerprint density at radius 1 is 1.16 bits per heavy atom. The number of carbonyl (C=O) groups is 1. The summed E-state index contributed by atoms with van der Waals surface area (Å²) in [4.78, 5) is 34.0. The normalized spacial score (nSPS) is 11.7. The van der Waals surface area contributed by atoms with Crippen LogP contribution in [-0.4, -0.2) is 42.3 Å². The fourth-order valence-electron chi connectivity index (χ4n) is 3.31. The van der Waals surface area contributed by atoms with Crippen LogP contribution in [0.3, 0.4) is 0 Å². The molecule has 9 heteroatoms. The number of rotatable bonds is 6. The van der Waals surface area contributed by atoms with Gasteiger partial charge in [0.2, 0.25) is 0 Å². The quantitative estimate of drug-likeness (QED) is 0.508. The Balaban J connectivity index is 1.42. The molecule has 0 unspecified atom stereocenters. The molecule has 2 aromatic carbocycles. The summed E-state index contributed by atoms with van der Waals surface area (Å²) in [5.41, 5.74) is 3.12. The van der Waals surface area contributed by atoms with E-state index in [4.69, 9.17) is 0 Å². The summed E-state index contributed by atoms with van der Waals surface area (Å²) in [6.07, 6.45) is 6.27. The maximum absolute atomic E-state index is 12.8. The Hall–Kier alpha value is -4.27. The van der Waals surface area contributed by atoms with Gasteiger partial charge in [0, 0.05) is 25.1 Å². The molecule has 9 nitrogen and oxygen atoms in total. The predicted octanol–water partition coefficient (Wildman–Crippen LogP) is 3.10. The van der Waals surface area contributed by atoms with Crippen LogP contribution in [0.1, 0.15) is 24.1 Å². The second kappa shape index (κ2) is 9.25. The third-order valence-corrected chi connectivity index (χ3v) is 5.27. The molecule has 4 rings (SSSR count). The van der Waals surface area contributed by atoms with Crippen molar-refractivity contribution in [1.29, 1.82) is 0 Å². The molecule has 2 aromatic heterocycles. The van der Waals surface area contributed by atoms with Gasteiger partial charge < -0.3 is 10.2 Å². The number of amides is 2.